The number of ether oxygens (including phenoxy) is 1. The van der Waals surface area contributed by atoms with Gasteiger partial charge in [-0.25, -0.2) is 0 Å². The van der Waals surface area contributed by atoms with Crippen molar-refractivity contribution in [3.05, 3.63) is 23.8 Å². The summed E-state index contributed by atoms with van der Waals surface area (Å²) in [5.74, 6) is 1.07. The maximum Gasteiger partial charge on any atom is 0.226 e. The van der Waals surface area contributed by atoms with Gasteiger partial charge in [0.1, 0.15) is 5.75 Å². The summed E-state index contributed by atoms with van der Waals surface area (Å²) in [5.41, 5.74) is 2.17. The molecular formula is C12H15NO2. The van der Waals surface area contributed by atoms with Crippen molar-refractivity contribution >= 4 is 11.6 Å². The maximum absolute atomic E-state index is 11.7. The molecular weight excluding hydrogens is 190 g/mol. The highest BCUT2D eigenvalue weighted by atomic mass is 16.5. The quantitative estimate of drug-likeness (QED) is 0.739. The second kappa shape index (κ2) is 3.93. The van der Waals surface area contributed by atoms with Gasteiger partial charge in [-0.15, -0.1) is 0 Å². The molecule has 1 aromatic carbocycles. The van der Waals surface area contributed by atoms with Crippen molar-refractivity contribution in [3.8, 4) is 5.75 Å². The zero-order chi connectivity index (χ0) is 10.8. The van der Waals surface area contributed by atoms with Crippen LogP contribution in [0.1, 0.15) is 18.9 Å². The molecule has 1 aliphatic heterocycles. The average molecular weight is 205 g/mol. The number of benzene rings is 1. The summed E-state index contributed by atoms with van der Waals surface area (Å²) < 4.78 is 5.28. The molecule has 0 bridgehead atoms. The topological polar surface area (TPSA) is 29.5 Å². The van der Waals surface area contributed by atoms with Crippen molar-refractivity contribution in [1.82, 2.24) is 0 Å². The molecule has 1 heterocycles. The van der Waals surface area contributed by atoms with Gasteiger partial charge < -0.3 is 9.64 Å². The normalized spacial score (nSPS) is 13.9. The van der Waals surface area contributed by atoms with Gasteiger partial charge in [-0.3, -0.25) is 4.79 Å². The first-order valence-electron chi connectivity index (χ1n) is 5.24. The molecule has 0 atom stereocenters. The highest BCUT2D eigenvalue weighted by Gasteiger charge is 2.25. The molecule has 0 saturated carbocycles. The molecule has 3 nitrogen and oxygen atoms in total. The maximum atomic E-state index is 11.7. The predicted molar refractivity (Wildman–Crippen MR) is 59.3 cm³/mol. The van der Waals surface area contributed by atoms with E-state index in [2.05, 4.69) is 0 Å². The largest absolute Gasteiger partial charge is 0.496 e. The third-order valence-corrected chi connectivity index (χ3v) is 2.81. The summed E-state index contributed by atoms with van der Waals surface area (Å²) in [4.78, 5) is 13.5. The minimum atomic E-state index is 0.182. The lowest BCUT2D eigenvalue weighted by atomic mass is 10.1. The Hall–Kier alpha value is -1.51. The molecule has 0 N–H and O–H groups in total. The van der Waals surface area contributed by atoms with E-state index in [-0.39, 0.29) is 5.91 Å². The zero-order valence-corrected chi connectivity index (χ0v) is 9.12. The Morgan fingerprint density at radius 3 is 3.00 bits per heavy atom. The molecule has 3 heteroatoms. The number of fused-ring (bicyclic) bond motifs is 1. The first-order chi connectivity index (χ1) is 7.27. The molecule has 80 valence electrons. The van der Waals surface area contributed by atoms with Gasteiger partial charge >= 0.3 is 0 Å². The van der Waals surface area contributed by atoms with Crippen molar-refractivity contribution in [2.45, 2.75) is 19.8 Å². The second-order valence-electron chi connectivity index (χ2n) is 3.61. The monoisotopic (exact) mass is 205 g/mol. The first kappa shape index (κ1) is 10.0. The zero-order valence-electron chi connectivity index (χ0n) is 9.12. The first-order valence-corrected chi connectivity index (χ1v) is 5.24. The van der Waals surface area contributed by atoms with Crippen LogP contribution in [0, 0.1) is 0 Å². The fourth-order valence-corrected chi connectivity index (χ4v) is 2.04. The average Bonchev–Trinajstić information content (AvgIpc) is 2.71. The molecule has 0 fully saturated rings. The standard InChI is InChI=1S/C12H15NO2/c1-3-12(14)13-8-7-9-10(13)5-4-6-11(9)15-2/h4-6H,3,7-8H2,1-2H3. The Labute approximate surface area is 89.7 Å². The van der Waals surface area contributed by atoms with E-state index in [9.17, 15) is 4.79 Å². The third-order valence-electron chi connectivity index (χ3n) is 2.81. The Morgan fingerprint density at radius 2 is 2.33 bits per heavy atom. The smallest absolute Gasteiger partial charge is 0.226 e. The molecule has 1 aliphatic rings. The van der Waals surface area contributed by atoms with Crippen molar-refractivity contribution in [2.75, 3.05) is 18.6 Å². The van der Waals surface area contributed by atoms with Gasteiger partial charge in [0, 0.05) is 18.5 Å². The fraction of sp³-hybridized carbons (Fsp3) is 0.417. The highest BCUT2D eigenvalue weighted by molar-refractivity contribution is 5.95. The molecule has 0 saturated heterocycles. The van der Waals surface area contributed by atoms with Crippen LogP contribution in [0.4, 0.5) is 5.69 Å². The summed E-state index contributed by atoms with van der Waals surface area (Å²) >= 11 is 0. The van der Waals surface area contributed by atoms with E-state index in [0.29, 0.717) is 6.42 Å². The number of nitrogens with zero attached hydrogens (tertiary/aromatic N) is 1. The third kappa shape index (κ3) is 1.58. The van der Waals surface area contributed by atoms with Crippen LogP contribution in [0.3, 0.4) is 0 Å². The number of carbonyl (C=O) groups excluding carboxylic acids is 1. The van der Waals surface area contributed by atoms with Crippen LogP contribution in [0.2, 0.25) is 0 Å². The number of hydrogen-bond donors (Lipinski definition) is 0. The molecule has 2 rings (SSSR count). The summed E-state index contributed by atoms with van der Waals surface area (Å²) in [5, 5.41) is 0. The predicted octanol–water partition coefficient (Wildman–Crippen LogP) is 1.99. The van der Waals surface area contributed by atoms with Gasteiger partial charge in [0.15, 0.2) is 0 Å². The van der Waals surface area contributed by atoms with Crippen molar-refractivity contribution in [3.63, 3.8) is 0 Å². The van der Waals surface area contributed by atoms with Gasteiger partial charge in [0.2, 0.25) is 5.91 Å². The molecule has 15 heavy (non-hydrogen) atoms. The highest BCUT2D eigenvalue weighted by Crippen LogP contribution is 2.34. The Balaban J connectivity index is 2.39. The Kier molecular flexibility index (Phi) is 2.62. The SMILES string of the molecule is CCC(=O)N1CCc2c(OC)cccc21. The van der Waals surface area contributed by atoms with Crippen LogP contribution in [-0.2, 0) is 11.2 Å². The van der Waals surface area contributed by atoms with Crippen LogP contribution in [0.15, 0.2) is 18.2 Å². The molecule has 0 aromatic heterocycles. The van der Waals surface area contributed by atoms with Crippen LogP contribution in [-0.4, -0.2) is 19.6 Å². The summed E-state index contributed by atoms with van der Waals surface area (Å²) in [7, 11) is 1.67. The van der Waals surface area contributed by atoms with Crippen molar-refractivity contribution < 1.29 is 9.53 Å². The fourth-order valence-electron chi connectivity index (χ4n) is 2.04. The molecule has 0 spiro atoms. The number of anilines is 1. The summed E-state index contributed by atoms with van der Waals surface area (Å²) in [6.07, 6.45) is 1.45. The summed E-state index contributed by atoms with van der Waals surface area (Å²) in [6.45, 7) is 2.67. The molecule has 0 radical (unpaired) electrons. The van der Waals surface area contributed by atoms with Gasteiger partial charge in [-0.05, 0) is 18.6 Å². The van der Waals surface area contributed by atoms with E-state index >= 15 is 0 Å². The minimum Gasteiger partial charge on any atom is -0.496 e. The number of hydrogen-bond acceptors (Lipinski definition) is 2. The number of rotatable bonds is 2. The lowest BCUT2D eigenvalue weighted by Gasteiger charge is -2.16. The molecule has 1 amide bonds. The number of carbonyl (C=O) groups is 1. The van der Waals surface area contributed by atoms with Gasteiger partial charge in [0.05, 0.1) is 12.8 Å². The van der Waals surface area contributed by atoms with Gasteiger partial charge in [-0.2, -0.15) is 0 Å². The molecule has 0 unspecified atom stereocenters. The van der Waals surface area contributed by atoms with Gasteiger partial charge in [0.25, 0.3) is 0 Å². The van der Waals surface area contributed by atoms with E-state index in [1.54, 1.807) is 7.11 Å². The van der Waals surface area contributed by atoms with Crippen molar-refractivity contribution in [2.24, 2.45) is 0 Å². The van der Waals surface area contributed by atoms with Crippen LogP contribution in [0.25, 0.3) is 0 Å². The Morgan fingerprint density at radius 1 is 1.53 bits per heavy atom. The second-order valence-corrected chi connectivity index (χ2v) is 3.61. The van der Waals surface area contributed by atoms with Gasteiger partial charge in [-0.1, -0.05) is 13.0 Å². The van der Waals surface area contributed by atoms with E-state index in [1.165, 1.54) is 0 Å². The minimum absolute atomic E-state index is 0.182. The van der Waals surface area contributed by atoms with Crippen molar-refractivity contribution in [1.29, 1.82) is 0 Å². The van der Waals surface area contributed by atoms with Crippen LogP contribution in [0.5, 0.6) is 5.75 Å². The van der Waals surface area contributed by atoms with Crippen LogP contribution < -0.4 is 9.64 Å². The lowest BCUT2D eigenvalue weighted by Crippen LogP contribution is -2.27. The Bertz CT molecular complexity index is 387. The summed E-state index contributed by atoms with van der Waals surface area (Å²) in [6, 6.07) is 5.86. The van der Waals surface area contributed by atoms with E-state index in [1.807, 2.05) is 30.0 Å². The van der Waals surface area contributed by atoms with E-state index in [0.717, 1.165) is 30.0 Å². The van der Waals surface area contributed by atoms with E-state index < -0.39 is 0 Å². The number of amides is 1. The lowest BCUT2D eigenvalue weighted by molar-refractivity contribution is -0.118. The van der Waals surface area contributed by atoms with Crippen LogP contribution >= 0.6 is 0 Å². The molecule has 1 aromatic rings. The molecule has 0 aliphatic carbocycles. The number of methoxy groups -OCH3 is 1. The van der Waals surface area contributed by atoms with E-state index in [4.69, 9.17) is 4.74 Å².